The Morgan fingerprint density at radius 2 is 1.94 bits per heavy atom. The predicted molar refractivity (Wildman–Crippen MR) is 65.9 cm³/mol. The quantitative estimate of drug-likeness (QED) is 0.473. The zero-order valence-corrected chi connectivity index (χ0v) is 9.35. The van der Waals surface area contributed by atoms with E-state index in [4.69, 9.17) is 10.6 Å². The number of nitrogens with one attached hydrogen (secondary N) is 1. The third-order valence-corrected chi connectivity index (χ3v) is 2.48. The molecule has 2 aromatic carbocycles. The van der Waals surface area contributed by atoms with Crippen LogP contribution in [-0.4, -0.2) is 12.5 Å². The van der Waals surface area contributed by atoms with Crippen molar-refractivity contribution in [2.45, 2.75) is 6.61 Å². The van der Waals surface area contributed by atoms with Crippen molar-refractivity contribution in [1.29, 1.82) is 0 Å². The van der Waals surface area contributed by atoms with Crippen LogP contribution in [0.15, 0.2) is 42.5 Å². The van der Waals surface area contributed by atoms with Crippen LogP contribution in [0, 0.1) is 0 Å². The molecule has 0 aliphatic carbocycles. The summed E-state index contributed by atoms with van der Waals surface area (Å²) >= 11 is 0. The molecular weight excluding hydrogens is 216 g/mol. The summed E-state index contributed by atoms with van der Waals surface area (Å²) in [6.45, 7) is 0.377. The number of hydrazine groups is 1. The summed E-state index contributed by atoms with van der Waals surface area (Å²) in [5, 5.41) is 2.35. The zero-order valence-electron chi connectivity index (χ0n) is 9.35. The van der Waals surface area contributed by atoms with Gasteiger partial charge in [-0.25, -0.2) is 5.84 Å². The Bertz CT molecular complexity index is 526. The normalized spacial score (nSPS) is 10.4. The van der Waals surface area contributed by atoms with Crippen LogP contribution in [0.3, 0.4) is 0 Å². The number of hydrogen-bond acceptors (Lipinski definition) is 3. The lowest BCUT2D eigenvalue weighted by atomic mass is 10.1. The SMILES string of the molecule is NNC(=O)COCc1ccc2ccccc2c1. The molecule has 0 atom stereocenters. The van der Waals surface area contributed by atoms with E-state index in [-0.39, 0.29) is 12.5 Å². The minimum absolute atomic E-state index is 0.0245. The van der Waals surface area contributed by atoms with Gasteiger partial charge in [0.1, 0.15) is 6.61 Å². The highest BCUT2D eigenvalue weighted by atomic mass is 16.5. The first-order valence-corrected chi connectivity index (χ1v) is 5.34. The highest BCUT2D eigenvalue weighted by Crippen LogP contribution is 2.15. The molecule has 2 aromatic rings. The van der Waals surface area contributed by atoms with Crippen LogP contribution in [0.1, 0.15) is 5.56 Å². The number of carbonyl (C=O) groups excluding carboxylic acids is 1. The highest BCUT2D eigenvalue weighted by molar-refractivity contribution is 5.83. The number of hydrogen-bond donors (Lipinski definition) is 2. The molecule has 88 valence electrons. The third-order valence-electron chi connectivity index (χ3n) is 2.48. The van der Waals surface area contributed by atoms with Crippen molar-refractivity contribution in [2.75, 3.05) is 6.61 Å². The number of benzene rings is 2. The fraction of sp³-hybridized carbons (Fsp3) is 0.154. The van der Waals surface area contributed by atoms with Crippen LogP contribution in [0.2, 0.25) is 0 Å². The minimum Gasteiger partial charge on any atom is -0.367 e. The number of amides is 1. The summed E-state index contributed by atoms with van der Waals surface area (Å²) in [5.41, 5.74) is 3.05. The Morgan fingerprint density at radius 1 is 1.18 bits per heavy atom. The fourth-order valence-electron chi connectivity index (χ4n) is 1.63. The molecule has 17 heavy (non-hydrogen) atoms. The Labute approximate surface area is 99.3 Å². The molecule has 2 rings (SSSR count). The Kier molecular flexibility index (Phi) is 3.69. The van der Waals surface area contributed by atoms with E-state index in [1.807, 2.05) is 35.8 Å². The maximum atomic E-state index is 10.9. The Morgan fingerprint density at radius 3 is 2.71 bits per heavy atom. The molecule has 0 radical (unpaired) electrons. The molecule has 0 heterocycles. The molecule has 4 nitrogen and oxygen atoms in total. The molecule has 3 N–H and O–H groups in total. The number of ether oxygens (including phenoxy) is 1. The van der Waals surface area contributed by atoms with E-state index in [2.05, 4.69) is 12.1 Å². The molecule has 4 heteroatoms. The average Bonchev–Trinajstić information content (AvgIpc) is 2.38. The molecule has 0 aromatic heterocycles. The van der Waals surface area contributed by atoms with E-state index in [0.717, 1.165) is 10.9 Å². The second kappa shape index (κ2) is 5.43. The predicted octanol–water partition coefficient (Wildman–Crippen LogP) is 1.35. The van der Waals surface area contributed by atoms with Gasteiger partial charge in [-0.2, -0.15) is 0 Å². The summed E-state index contributed by atoms with van der Waals surface area (Å²) in [7, 11) is 0. The number of carbonyl (C=O) groups is 1. The van der Waals surface area contributed by atoms with E-state index >= 15 is 0 Å². The smallest absolute Gasteiger partial charge is 0.259 e. The van der Waals surface area contributed by atoms with Crippen LogP contribution in [-0.2, 0) is 16.1 Å². The molecular formula is C13H14N2O2. The topological polar surface area (TPSA) is 64.3 Å². The standard InChI is InChI=1S/C13H14N2O2/c14-15-13(16)9-17-8-10-5-6-11-3-1-2-4-12(11)7-10/h1-7H,8-9,14H2,(H,15,16). The van der Waals surface area contributed by atoms with E-state index < -0.39 is 0 Å². The molecule has 0 unspecified atom stereocenters. The second-order valence-corrected chi connectivity index (χ2v) is 3.74. The van der Waals surface area contributed by atoms with Crippen molar-refractivity contribution in [3.05, 3.63) is 48.0 Å². The van der Waals surface area contributed by atoms with E-state index in [1.165, 1.54) is 5.39 Å². The van der Waals surface area contributed by atoms with Crippen LogP contribution in [0.25, 0.3) is 10.8 Å². The van der Waals surface area contributed by atoms with Crippen molar-refractivity contribution in [2.24, 2.45) is 5.84 Å². The summed E-state index contributed by atoms with van der Waals surface area (Å²) in [4.78, 5) is 10.9. The molecule has 0 aliphatic heterocycles. The summed E-state index contributed by atoms with van der Waals surface area (Å²) in [5.74, 6) is 4.62. The van der Waals surface area contributed by atoms with Crippen molar-refractivity contribution < 1.29 is 9.53 Å². The third kappa shape index (κ3) is 3.03. The summed E-state index contributed by atoms with van der Waals surface area (Å²) < 4.78 is 5.23. The van der Waals surface area contributed by atoms with Gasteiger partial charge in [0.05, 0.1) is 6.61 Å². The maximum Gasteiger partial charge on any atom is 0.259 e. The lowest BCUT2D eigenvalue weighted by molar-refractivity contribution is -0.126. The minimum atomic E-state index is -0.328. The van der Waals surface area contributed by atoms with Gasteiger partial charge in [-0.1, -0.05) is 36.4 Å². The Balaban J connectivity index is 2.02. The van der Waals surface area contributed by atoms with Crippen molar-refractivity contribution >= 4 is 16.7 Å². The first-order valence-electron chi connectivity index (χ1n) is 5.34. The molecule has 0 saturated heterocycles. The molecule has 0 bridgehead atoms. The molecule has 0 aliphatic rings. The van der Waals surface area contributed by atoms with Gasteiger partial charge in [-0.3, -0.25) is 10.2 Å². The van der Waals surface area contributed by atoms with E-state index in [0.29, 0.717) is 6.61 Å². The van der Waals surface area contributed by atoms with Crippen LogP contribution < -0.4 is 11.3 Å². The molecule has 0 saturated carbocycles. The largest absolute Gasteiger partial charge is 0.367 e. The number of fused-ring (bicyclic) bond motifs is 1. The van der Waals surface area contributed by atoms with Gasteiger partial charge in [0.2, 0.25) is 0 Å². The van der Waals surface area contributed by atoms with E-state index in [9.17, 15) is 4.79 Å². The summed E-state index contributed by atoms with van der Waals surface area (Å²) in [6.07, 6.45) is 0. The molecule has 0 fully saturated rings. The van der Waals surface area contributed by atoms with Crippen LogP contribution >= 0.6 is 0 Å². The van der Waals surface area contributed by atoms with Gasteiger partial charge >= 0.3 is 0 Å². The fourth-order valence-corrected chi connectivity index (χ4v) is 1.63. The van der Waals surface area contributed by atoms with Gasteiger partial charge in [0, 0.05) is 0 Å². The van der Waals surface area contributed by atoms with Gasteiger partial charge in [0.25, 0.3) is 5.91 Å². The number of nitrogens with two attached hydrogens (primary N) is 1. The first kappa shape index (κ1) is 11.6. The monoisotopic (exact) mass is 230 g/mol. The van der Waals surface area contributed by atoms with Crippen LogP contribution in [0.5, 0.6) is 0 Å². The van der Waals surface area contributed by atoms with Gasteiger partial charge in [-0.15, -0.1) is 0 Å². The number of rotatable bonds is 4. The molecule has 1 amide bonds. The zero-order chi connectivity index (χ0) is 12.1. The van der Waals surface area contributed by atoms with Gasteiger partial charge in [-0.05, 0) is 22.4 Å². The highest BCUT2D eigenvalue weighted by Gasteiger charge is 2.00. The van der Waals surface area contributed by atoms with Gasteiger partial charge < -0.3 is 4.74 Å². The lowest BCUT2D eigenvalue weighted by Crippen LogP contribution is -2.33. The van der Waals surface area contributed by atoms with Crippen LogP contribution in [0.4, 0.5) is 0 Å². The first-order chi connectivity index (χ1) is 8.29. The van der Waals surface area contributed by atoms with Crippen molar-refractivity contribution in [3.63, 3.8) is 0 Å². The summed E-state index contributed by atoms with van der Waals surface area (Å²) in [6, 6.07) is 14.2. The average molecular weight is 230 g/mol. The van der Waals surface area contributed by atoms with Gasteiger partial charge in [0.15, 0.2) is 0 Å². The second-order valence-electron chi connectivity index (χ2n) is 3.74. The Hall–Kier alpha value is -1.91. The van der Waals surface area contributed by atoms with Crippen molar-refractivity contribution in [1.82, 2.24) is 5.43 Å². The lowest BCUT2D eigenvalue weighted by Gasteiger charge is -2.05. The maximum absolute atomic E-state index is 10.9. The molecule has 0 spiro atoms. The van der Waals surface area contributed by atoms with Crippen molar-refractivity contribution in [3.8, 4) is 0 Å². The van der Waals surface area contributed by atoms with E-state index in [1.54, 1.807) is 0 Å².